The van der Waals surface area contributed by atoms with E-state index < -0.39 is 14.6 Å². The molecule has 0 radical (unpaired) electrons. The molecule has 0 saturated carbocycles. The van der Waals surface area contributed by atoms with Crippen molar-refractivity contribution in [1.82, 2.24) is 10.2 Å². The maximum absolute atomic E-state index is 12.2. The van der Waals surface area contributed by atoms with Gasteiger partial charge in [0.15, 0.2) is 9.84 Å². The Balaban J connectivity index is 2.76. The summed E-state index contributed by atoms with van der Waals surface area (Å²) in [6.45, 7) is 6.98. The topological polar surface area (TPSA) is 66.5 Å². The van der Waals surface area contributed by atoms with Gasteiger partial charge in [0.2, 0.25) is 5.91 Å². The van der Waals surface area contributed by atoms with E-state index in [-0.39, 0.29) is 18.5 Å². The molecular weight excluding hydrogens is 252 g/mol. The first-order valence-electron chi connectivity index (χ1n) is 6.41. The zero-order chi connectivity index (χ0) is 14.0. The van der Waals surface area contributed by atoms with Crippen molar-refractivity contribution in [3.63, 3.8) is 0 Å². The van der Waals surface area contributed by atoms with Crippen LogP contribution in [0.4, 0.5) is 0 Å². The highest BCUT2D eigenvalue weighted by Crippen LogP contribution is 2.20. The number of hydrogen-bond acceptors (Lipinski definition) is 4. The molecule has 0 spiro atoms. The minimum Gasteiger partial charge on any atom is -0.340 e. The second kappa shape index (κ2) is 5.57. The van der Waals surface area contributed by atoms with Gasteiger partial charge < -0.3 is 10.2 Å². The molecule has 1 saturated heterocycles. The molecule has 0 aromatic carbocycles. The van der Waals surface area contributed by atoms with Crippen LogP contribution in [0.3, 0.4) is 0 Å². The summed E-state index contributed by atoms with van der Waals surface area (Å²) in [5.41, 5.74) is 0. The van der Waals surface area contributed by atoms with Crippen LogP contribution in [0.2, 0.25) is 0 Å². The molecule has 1 rings (SSSR count). The van der Waals surface area contributed by atoms with Crippen molar-refractivity contribution in [1.29, 1.82) is 0 Å². The molecule has 1 aliphatic heterocycles. The minimum atomic E-state index is -3.17. The Morgan fingerprint density at radius 2 is 2.06 bits per heavy atom. The molecule has 1 atom stereocenters. The van der Waals surface area contributed by atoms with Crippen LogP contribution < -0.4 is 5.32 Å². The van der Waals surface area contributed by atoms with Crippen molar-refractivity contribution in [2.24, 2.45) is 0 Å². The number of likely N-dealkylation sites (N-methyl/N-ethyl adjacent to an activating group) is 1. The van der Waals surface area contributed by atoms with Crippen LogP contribution in [-0.2, 0) is 14.6 Å². The van der Waals surface area contributed by atoms with Gasteiger partial charge in [0.25, 0.3) is 0 Å². The standard InChI is InChI=1S/C12H24N2O3S/c1-5-13-10-7-6-8-14(11(10)15)9-12(2,3)18(4,16)17/h10,13H,5-9H2,1-4H3. The predicted molar refractivity (Wildman–Crippen MR) is 72.2 cm³/mol. The third-order valence-electron chi connectivity index (χ3n) is 3.56. The molecule has 18 heavy (non-hydrogen) atoms. The summed E-state index contributed by atoms with van der Waals surface area (Å²) < 4.78 is 22.5. The molecule has 1 unspecified atom stereocenters. The molecule has 0 aromatic rings. The number of sulfone groups is 1. The maximum Gasteiger partial charge on any atom is 0.239 e. The molecule has 106 valence electrons. The van der Waals surface area contributed by atoms with Crippen LogP contribution in [0.5, 0.6) is 0 Å². The van der Waals surface area contributed by atoms with Crippen LogP contribution >= 0.6 is 0 Å². The lowest BCUT2D eigenvalue weighted by Gasteiger charge is -2.37. The molecule has 1 amide bonds. The first-order valence-corrected chi connectivity index (χ1v) is 8.30. The van der Waals surface area contributed by atoms with Crippen molar-refractivity contribution < 1.29 is 13.2 Å². The largest absolute Gasteiger partial charge is 0.340 e. The third kappa shape index (κ3) is 3.45. The number of piperidine rings is 1. The predicted octanol–water partition coefficient (Wildman–Crippen LogP) is 0.410. The molecular formula is C12H24N2O3S. The van der Waals surface area contributed by atoms with Gasteiger partial charge in [-0.15, -0.1) is 0 Å². The summed E-state index contributed by atoms with van der Waals surface area (Å²) in [4.78, 5) is 13.9. The van der Waals surface area contributed by atoms with Gasteiger partial charge in [-0.2, -0.15) is 0 Å². The van der Waals surface area contributed by atoms with E-state index in [1.165, 1.54) is 6.26 Å². The lowest BCUT2D eigenvalue weighted by Crippen LogP contribution is -2.55. The van der Waals surface area contributed by atoms with Crippen molar-refractivity contribution in [3.8, 4) is 0 Å². The van der Waals surface area contributed by atoms with E-state index in [0.717, 1.165) is 19.4 Å². The van der Waals surface area contributed by atoms with Crippen LogP contribution in [0.1, 0.15) is 33.6 Å². The van der Waals surface area contributed by atoms with E-state index in [1.54, 1.807) is 18.7 Å². The second-order valence-corrected chi connectivity index (χ2v) is 8.19. The number of rotatable bonds is 5. The normalized spacial score (nSPS) is 22.3. The van der Waals surface area contributed by atoms with Gasteiger partial charge in [0.05, 0.1) is 10.8 Å². The SMILES string of the molecule is CCNC1CCCN(CC(C)(C)S(C)(=O)=O)C1=O. The molecule has 1 fully saturated rings. The number of likely N-dealkylation sites (tertiary alicyclic amines) is 1. The highest BCUT2D eigenvalue weighted by atomic mass is 32.2. The Labute approximate surface area is 110 Å². The minimum absolute atomic E-state index is 0.0276. The van der Waals surface area contributed by atoms with Crippen LogP contribution in [0.15, 0.2) is 0 Å². The van der Waals surface area contributed by atoms with E-state index in [1.807, 2.05) is 6.92 Å². The van der Waals surface area contributed by atoms with Crippen LogP contribution in [0.25, 0.3) is 0 Å². The Kier molecular flexibility index (Phi) is 4.78. The van der Waals surface area contributed by atoms with Gasteiger partial charge in [0, 0.05) is 19.3 Å². The van der Waals surface area contributed by atoms with Crippen molar-refractivity contribution >= 4 is 15.7 Å². The molecule has 0 bridgehead atoms. The Morgan fingerprint density at radius 1 is 1.44 bits per heavy atom. The fraction of sp³-hybridized carbons (Fsp3) is 0.917. The molecule has 1 N–H and O–H groups in total. The average molecular weight is 276 g/mol. The molecule has 6 heteroatoms. The number of carbonyl (C=O) groups excluding carboxylic acids is 1. The van der Waals surface area contributed by atoms with Gasteiger partial charge in [0.1, 0.15) is 0 Å². The van der Waals surface area contributed by atoms with E-state index in [9.17, 15) is 13.2 Å². The Morgan fingerprint density at radius 3 is 2.56 bits per heavy atom. The molecule has 1 heterocycles. The number of nitrogens with one attached hydrogen (secondary N) is 1. The fourth-order valence-corrected chi connectivity index (χ4v) is 2.50. The van der Waals surface area contributed by atoms with E-state index in [2.05, 4.69) is 5.32 Å². The average Bonchev–Trinajstić information content (AvgIpc) is 2.22. The molecule has 0 aromatic heterocycles. The smallest absolute Gasteiger partial charge is 0.239 e. The van der Waals surface area contributed by atoms with Gasteiger partial charge in [-0.3, -0.25) is 4.79 Å². The molecule has 1 aliphatic rings. The Bertz CT molecular complexity index is 402. The monoisotopic (exact) mass is 276 g/mol. The summed E-state index contributed by atoms with van der Waals surface area (Å²) in [5, 5.41) is 3.15. The van der Waals surface area contributed by atoms with E-state index >= 15 is 0 Å². The quantitative estimate of drug-likeness (QED) is 0.790. The lowest BCUT2D eigenvalue weighted by atomic mass is 10.0. The summed E-state index contributed by atoms with van der Waals surface area (Å²) in [6, 6.07) is -0.154. The zero-order valence-electron chi connectivity index (χ0n) is 11.7. The van der Waals surface area contributed by atoms with Gasteiger partial charge in [-0.05, 0) is 33.2 Å². The van der Waals surface area contributed by atoms with Crippen molar-refractivity contribution in [2.45, 2.75) is 44.4 Å². The fourth-order valence-electron chi connectivity index (χ4n) is 2.11. The first-order chi connectivity index (χ1) is 8.19. The number of carbonyl (C=O) groups is 1. The maximum atomic E-state index is 12.2. The first kappa shape index (κ1) is 15.4. The van der Waals surface area contributed by atoms with E-state index in [4.69, 9.17) is 0 Å². The third-order valence-corrected chi connectivity index (χ3v) is 5.69. The second-order valence-electron chi connectivity index (χ2n) is 5.54. The van der Waals surface area contributed by atoms with Gasteiger partial charge >= 0.3 is 0 Å². The summed E-state index contributed by atoms with van der Waals surface area (Å²) in [7, 11) is -3.17. The van der Waals surface area contributed by atoms with Crippen molar-refractivity contribution in [2.75, 3.05) is 25.9 Å². The zero-order valence-corrected chi connectivity index (χ0v) is 12.5. The van der Waals surface area contributed by atoms with Gasteiger partial charge in [-0.1, -0.05) is 6.92 Å². The van der Waals surface area contributed by atoms with Gasteiger partial charge in [-0.25, -0.2) is 8.42 Å². The van der Waals surface area contributed by atoms with Crippen molar-refractivity contribution in [3.05, 3.63) is 0 Å². The lowest BCUT2D eigenvalue weighted by molar-refractivity contribution is -0.136. The summed E-state index contributed by atoms with van der Waals surface area (Å²) >= 11 is 0. The van der Waals surface area contributed by atoms with E-state index in [0.29, 0.717) is 6.54 Å². The summed E-state index contributed by atoms with van der Waals surface area (Å²) in [6.07, 6.45) is 2.98. The van der Waals surface area contributed by atoms with Crippen LogP contribution in [-0.4, -0.2) is 55.9 Å². The highest BCUT2D eigenvalue weighted by Gasteiger charge is 2.37. The van der Waals surface area contributed by atoms with Crippen LogP contribution in [0, 0.1) is 0 Å². The highest BCUT2D eigenvalue weighted by molar-refractivity contribution is 7.92. The number of amides is 1. The molecule has 0 aliphatic carbocycles. The number of nitrogens with zero attached hydrogens (tertiary/aromatic N) is 1. The number of hydrogen-bond donors (Lipinski definition) is 1. The summed E-state index contributed by atoms with van der Waals surface area (Å²) in [5.74, 6) is 0.0276. The molecule has 5 nitrogen and oxygen atoms in total. The Hall–Kier alpha value is -0.620.